The minimum atomic E-state index is 0.151. The Kier molecular flexibility index (Phi) is 2.50. The van der Waals surface area contributed by atoms with E-state index < -0.39 is 0 Å². The molecule has 2 aromatic heterocycles. The number of nitrogens with one attached hydrogen (secondary N) is 2. The first kappa shape index (κ1) is 8.82. The van der Waals surface area contributed by atoms with Crippen molar-refractivity contribution in [2.45, 2.75) is 12.8 Å². The fraction of sp³-hybridized carbons (Fsp3) is 0.429. The topological polar surface area (TPSA) is 103 Å². The maximum absolute atomic E-state index is 8.63. The zero-order valence-corrected chi connectivity index (χ0v) is 7.43. The van der Waals surface area contributed by atoms with E-state index in [0.29, 0.717) is 24.5 Å². The molecular weight excluding hydrogens is 184 g/mol. The molecule has 0 aliphatic heterocycles. The van der Waals surface area contributed by atoms with Crippen LogP contribution in [0.5, 0.6) is 0 Å². The van der Waals surface area contributed by atoms with Gasteiger partial charge in [-0.1, -0.05) is 0 Å². The van der Waals surface area contributed by atoms with Crippen LogP contribution in [0.2, 0.25) is 0 Å². The third-order valence-corrected chi connectivity index (χ3v) is 1.73. The van der Waals surface area contributed by atoms with Crippen LogP contribution in [0.4, 0.5) is 0 Å². The van der Waals surface area contributed by atoms with Gasteiger partial charge in [0, 0.05) is 13.0 Å². The molecule has 2 aromatic rings. The third-order valence-electron chi connectivity index (χ3n) is 1.73. The molecule has 74 valence electrons. The van der Waals surface area contributed by atoms with Gasteiger partial charge in [0.2, 0.25) is 5.82 Å². The van der Waals surface area contributed by atoms with Crippen molar-refractivity contribution in [2.24, 2.45) is 0 Å². The molecule has 0 unspecified atom stereocenters. The molecule has 0 saturated carbocycles. The second-order valence-electron chi connectivity index (χ2n) is 2.77. The van der Waals surface area contributed by atoms with E-state index in [1.165, 1.54) is 6.33 Å². The van der Waals surface area contributed by atoms with Crippen LogP contribution >= 0.6 is 0 Å². The standard InChI is InChI=1S/C7H10N6O/c14-3-1-2-5-10-7(13-11-5)6-8-4-9-12-6/h4,14H,1-3H2,(H,8,9,12)(H,10,11,13). The molecule has 7 heteroatoms. The van der Waals surface area contributed by atoms with E-state index in [-0.39, 0.29) is 6.61 Å². The summed E-state index contributed by atoms with van der Waals surface area (Å²) in [5, 5.41) is 21.7. The van der Waals surface area contributed by atoms with Crippen molar-refractivity contribution in [3.05, 3.63) is 12.2 Å². The van der Waals surface area contributed by atoms with Gasteiger partial charge in [-0.3, -0.25) is 10.2 Å². The molecule has 7 nitrogen and oxygen atoms in total. The van der Waals surface area contributed by atoms with Crippen molar-refractivity contribution in [1.82, 2.24) is 30.4 Å². The average molecular weight is 194 g/mol. The molecule has 3 N–H and O–H groups in total. The second-order valence-corrected chi connectivity index (χ2v) is 2.77. The van der Waals surface area contributed by atoms with Crippen molar-refractivity contribution >= 4 is 0 Å². The van der Waals surface area contributed by atoms with Crippen molar-refractivity contribution < 1.29 is 5.11 Å². The van der Waals surface area contributed by atoms with E-state index in [2.05, 4.69) is 30.4 Å². The fourth-order valence-corrected chi connectivity index (χ4v) is 1.07. The lowest BCUT2D eigenvalue weighted by molar-refractivity contribution is 0.287. The highest BCUT2D eigenvalue weighted by Gasteiger charge is 2.07. The monoisotopic (exact) mass is 194 g/mol. The highest BCUT2D eigenvalue weighted by molar-refractivity contribution is 5.40. The Bertz CT molecular complexity index is 381. The Morgan fingerprint density at radius 2 is 2.29 bits per heavy atom. The number of aliphatic hydroxyl groups excluding tert-OH is 1. The van der Waals surface area contributed by atoms with Gasteiger partial charge in [0.15, 0.2) is 5.82 Å². The summed E-state index contributed by atoms with van der Waals surface area (Å²) < 4.78 is 0. The molecule has 0 atom stereocenters. The first-order chi connectivity index (χ1) is 6.90. The average Bonchev–Trinajstić information content (AvgIpc) is 2.85. The van der Waals surface area contributed by atoms with Gasteiger partial charge in [0.25, 0.3) is 0 Å². The fourth-order valence-electron chi connectivity index (χ4n) is 1.07. The van der Waals surface area contributed by atoms with Crippen LogP contribution in [0.3, 0.4) is 0 Å². The maximum Gasteiger partial charge on any atom is 0.218 e. The van der Waals surface area contributed by atoms with E-state index in [0.717, 1.165) is 5.82 Å². The molecule has 0 aliphatic carbocycles. The van der Waals surface area contributed by atoms with E-state index in [1.807, 2.05) is 0 Å². The van der Waals surface area contributed by atoms with Crippen LogP contribution in [-0.4, -0.2) is 42.1 Å². The lowest BCUT2D eigenvalue weighted by Gasteiger charge is -1.89. The Morgan fingerprint density at radius 1 is 1.36 bits per heavy atom. The van der Waals surface area contributed by atoms with Gasteiger partial charge >= 0.3 is 0 Å². The number of hydrogen-bond acceptors (Lipinski definition) is 5. The number of aliphatic hydroxyl groups is 1. The zero-order valence-electron chi connectivity index (χ0n) is 7.43. The molecule has 0 fully saturated rings. The predicted octanol–water partition coefficient (Wildman–Crippen LogP) is -0.485. The minimum absolute atomic E-state index is 0.151. The molecule has 2 rings (SSSR count). The van der Waals surface area contributed by atoms with E-state index in [4.69, 9.17) is 5.11 Å². The summed E-state index contributed by atoms with van der Waals surface area (Å²) in [5.74, 6) is 1.78. The SMILES string of the molecule is OCCCc1nc(-c2ncn[nH]2)n[nH]1. The van der Waals surface area contributed by atoms with E-state index in [9.17, 15) is 0 Å². The van der Waals surface area contributed by atoms with Crippen molar-refractivity contribution in [2.75, 3.05) is 6.61 Å². The minimum Gasteiger partial charge on any atom is -0.396 e. The number of H-pyrrole nitrogens is 2. The van der Waals surface area contributed by atoms with Gasteiger partial charge < -0.3 is 5.11 Å². The van der Waals surface area contributed by atoms with Crippen LogP contribution in [0.15, 0.2) is 6.33 Å². The summed E-state index contributed by atoms with van der Waals surface area (Å²) in [6.07, 6.45) is 2.75. The normalized spacial score (nSPS) is 10.6. The highest BCUT2D eigenvalue weighted by atomic mass is 16.2. The molecule has 0 aromatic carbocycles. The van der Waals surface area contributed by atoms with Crippen LogP contribution in [0.1, 0.15) is 12.2 Å². The number of aromatic amines is 2. The molecule has 0 amide bonds. The first-order valence-electron chi connectivity index (χ1n) is 4.28. The van der Waals surface area contributed by atoms with Crippen LogP contribution in [0, 0.1) is 0 Å². The van der Waals surface area contributed by atoms with E-state index >= 15 is 0 Å². The largest absolute Gasteiger partial charge is 0.396 e. The van der Waals surface area contributed by atoms with Crippen LogP contribution in [0.25, 0.3) is 11.6 Å². The van der Waals surface area contributed by atoms with Crippen molar-refractivity contribution in [1.29, 1.82) is 0 Å². The molecule has 0 radical (unpaired) electrons. The zero-order chi connectivity index (χ0) is 9.80. The van der Waals surface area contributed by atoms with Gasteiger partial charge in [0.05, 0.1) is 0 Å². The number of hydrogen-bond donors (Lipinski definition) is 3. The Morgan fingerprint density at radius 3 is 3.00 bits per heavy atom. The smallest absolute Gasteiger partial charge is 0.218 e. The van der Waals surface area contributed by atoms with Gasteiger partial charge in [-0.25, -0.2) is 9.97 Å². The molecule has 0 bridgehead atoms. The Balaban J connectivity index is 2.10. The van der Waals surface area contributed by atoms with Crippen molar-refractivity contribution in [3.8, 4) is 11.6 Å². The molecule has 14 heavy (non-hydrogen) atoms. The number of aryl methyl sites for hydroxylation is 1. The van der Waals surface area contributed by atoms with Gasteiger partial charge in [-0.15, -0.1) is 0 Å². The number of aromatic nitrogens is 6. The summed E-state index contributed by atoms with van der Waals surface area (Å²) >= 11 is 0. The van der Waals surface area contributed by atoms with E-state index in [1.54, 1.807) is 0 Å². The molecule has 0 saturated heterocycles. The first-order valence-corrected chi connectivity index (χ1v) is 4.28. The Hall–Kier alpha value is -1.76. The highest BCUT2D eigenvalue weighted by Crippen LogP contribution is 2.06. The van der Waals surface area contributed by atoms with Gasteiger partial charge in [-0.05, 0) is 6.42 Å². The summed E-state index contributed by atoms with van der Waals surface area (Å²) in [6.45, 7) is 0.151. The van der Waals surface area contributed by atoms with Gasteiger partial charge in [0.1, 0.15) is 12.2 Å². The van der Waals surface area contributed by atoms with Crippen LogP contribution in [-0.2, 0) is 6.42 Å². The lowest BCUT2D eigenvalue weighted by Crippen LogP contribution is -1.91. The maximum atomic E-state index is 8.63. The third kappa shape index (κ3) is 1.77. The summed E-state index contributed by atoms with van der Waals surface area (Å²) in [5.41, 5.74) is 0. The predicted molar refractivity (Wildman–Crippen MR) is 47.2 cm³/mol. The molecule has 0 aliphatic rings. The summed E-state index contributed by atoms with van der Waals surface area (Å²) in [7, 11) is 0. The molecular formula is C7H10N6O. The lowest BCUT2D eigenvalue weighted by atomic mass is 10.3. The van der Waals surface area contributed by atoms with Crippen molar-refractivity contribution in [3.63, 3.8) is 0 Å². The summed E-state index contributed by atoms with van der Waals surface area (Å²) in [4.78, 5) is 8.10. The summed E-state index contributed by atoms with van der Waals surface area (Å²) in [6, 6.07) is 0. The Labute approximate surface area is 79.6 Å². The molecule has 0 spiro atoms. The molecule has 2 heterocycles. The number of rotatable bonds is 4. The van der Waals surface area contributed by atoms with Gasteiger partial charge in [-0.2, -0.15) is 10.2 Å². The quantitative estimate of drug-likeness (QED) is 0.609. The van der Waals surface area contributed by atoms with Crippen LogP contribution < -0.4 is 0 Å². The number of nitrogens with zero attached hydrogens (tertiary/aromatic N) is 4. The second kappa shape index (κ2) is 3.97.